The van der Waals surface area contributed by atoms with Gasteiger partial charge in [-0.25, -0.2) is 9.97 Å². The number of fused-ring (bicyclic) bond motifs is 1. The summed E-state index contributed by atoms with van der Waals surface area (Å²) in [5.74, 6) is 0.0443. The maximum absolute atomic E-state index is 12.4. The molecule has 0 aliphatic carbocycles. The van der Waals surface area contributed by atoms with Crippen LogP contribution in [0.2, 0.25) is 5.02 Å². The number of halogens is 1. The van der Waals surface area contributed by atoms with Crippen molar-refractivity contribution >= 4 is 34.4 Å². The van der Waals surface area contributed by atoms with Gasteiger partial charge >= 0.3 is 0 Å². The van der Waals surface area contributed by atoms with Gasteiger partial charge in [-0.15, -0.1) is 0 Å². The Balaban J connectivity index is 1.47. The summed E-state index contributed by atoms with van der Waals surface area (Å²) in [6.45, 7) is 6.01. The Kier molecular flexibility index (Phi) is 6.84. The first-order valence-electron chi connectivity index (χ1n) is 9.56. The number of aromatic nitrogens is 2. The number of carbonyl (C=O) groups is 2. The van der Waals surface area contributed by atoms with Crippen LogP contribution in [0.4, 0.5) is 0 Å². The van der Waals surface area contributed by atoms with Crippen molar-refractivity contribution in [2.45, 2.75) is 26.9 Å². The number of amides is 2. The van der Waals surface area contributed by atoms with E-state index in [4.69, 9.17) is 16.3 Å². The van der Waals surface area contributed by atoms with Crippen molar-refractivity contribution in [3.8, 4) is 5.75 Å². The summed E-state index contributed by atoms with van der Waals surface area (Å²) in [6.07, 6.45) is -0.673. The van der Waals surface area contributed by atoms with Gasteiger partial charge in [0.15, 0.2) is 6.10 Å². The van der Waals surface area contributed by atoms with Crippen LogP contribution >= 0.6 is 11.6 Å². The number of rotatable bonds is 7. The van der Waals surface area contributed by atoms with E-state index in [1.54, 1.807) is 49.4 Å². The average molecular weight is 427 g/mol. The summed E-state index contributed by atoms with van der Waals surface area (Å²) in [6, 6.07) is 12.0. The highest BCUT2D eigenvalue weighted by Gasteiger charge is 2.14. The molecule has 0 radical (unpaired) electrons. The van der Waals surface area contributed by atoms with Gasteiger partial charge in [0, 0.05) is 23.7 Å². The highest BCUT2D eigenvalue weighted by molar-refractivity contribution is 6.30. The number of nitrogens with zero attached hydrogens (tertiary/aromatic N) is 2. The monoisotopic (exact) mass is 426 g/mol. The molecule has 7 nitrogen and oxygen atoms in total. The Morgan fingerprint density at radius 1 is 0.967 bits per heavy atom. The Hall–Kier alpha value is -3.19. The molecule has 2 N–H and O–H groups in total. The molecule has 1 heterocycles. The zero-order valence-electron chi connectivity index (χ0n) is 17.0. The fraction of sp³-hybridized carbons (Fsp3) is 0.273. The first kappa shape index (κ1) is 21.5. The standard InChI is InChI=1S/C22H23ClN4O3/c1-13-14(2)27-20-12-16(4-9-19(20)26-13)22(29)25-11-10-24-21(28)15(3)30-18-7-5-17(23)6-8-18/h4-9,12,15H,10-11H2,1-3H3,(H,24,28)(H,25,29). The third-order valence-corrected chi connectivity index (χ3v) is 4.80. The molecule has 2 amide bonds. The zero-order chi connectivity index (χ0) is 21.7. The summed E-state index contributed by atoms with van der Waals surface area (Å²) in [7, 11) is 0. The number of ether oxygens (including phenoxy) is 1. The van der Waals surface area contributed by atoms with Gasteiger partial charge in [0.25, 0.3) is 11.8 Å². The minimum atomic E-state index is -0.673. The molecule has 8 heteroatoms. The molecule has 1 atom stereocenters. The van der Waals surface area contributed by atoms with Crippen molar-refractivity contribution < 1.29 is 14.3 Å². The fourth-order valence-corrected chi connectivity index (χ4v) is 2.88. The molecular formula is C22H23ClN4O3. The predicted molar refractivity (Wildman–Crippen MR) is 116 cm³/mol. The second kappa shape index (κ2) is 9.54. The molecule has 0 saturated heterocycles. The molecular weight excluding hydrogens is 404 g/mol. The number of aryl methyl sites for hydroxylation is 2. The van der Waals surface area contributed by atoms with Crippen LogP contribution in [0.3, 0.4) is 0 Å². The van der Waals surface area contributed by atoms with Crippen molar-refractivity contribution in [2.75, 3.05) is 13.1 Å². The molecule has 30 heavy (non-hydrogen) atoms. The maximum atomic E-state index is 12.4. The number of carbonyl (C=O) groups excluding carboxylic acids is 2. The van der Waals surface area contributed by atoms with Crippen molar-refractivity contribution in [1.29, 1.82) is 0 Å². The number of hydrogen-bond donors (Lipinski definition) is 2. The minimum Gasteiger partial charge on any atom is -0.481 e. The van der Waals surface area contributed by atoms with E-state index in [0.29, 0.717) is 21.9 Å². The van der Waals surface area contributed by atoms with Gasteiger partial charge in [0.05, 0.1) is 22.4 Å². The molecule has 1 unspecified atom stereocenters. The smallest absolute Gasteiger partial charge is 0.260 e. The molecule has 0 fully saturated rings. The zero-order valence-corrected chi connectivity index (χ0v) is 17.8. The molecule has 0 spiro atoms. The summed E-state index contributed by atoms with van der Waals surface area (Å²) in [4.78, 5) is 33.5. The summed E-state index contributed by atoms with van der Waals surface area (Å²) < 4.78 is 5.57. The minimum absolute atomic E-state index is 0.239. The molecule has 3 aromatic rings. The summed E-state index contributed by atoms with van der Waals surface area (Å²) in [5, 5.41) is 6.12. The highest BCUT2D eigenvalue weighted by Crippen LogP contribution is 2.17. The van der Waals surface area contributed by atoms with E-state index in [1.165, 1.54) is 0 Å². The summed E-state index contributed by atoms with van der Waals surface area (Å²) in [5.41, 5.74) is 3.61. The van der Waals surface area contributed by atoms with E-state index < -0.39 is 6.10 Å². The SMILES string of the molecule is Cc1nc2ccc(C(=O)NCCNC(=O)C(C)Oc3ccc(Cl)cc3)cc2nc1C. The second-order valence-corrected chi connectivity index (χ2v) is 7.30. The van der Waals surface area contributed by atoms with Gasteiger partial charge in [-0.3, -0.25) is 9.59 Å². The first-order chi connectivity index (χ1) is 14.3. The summed E-state index contributed by atoms with van der Waals surface area (Å²) >= 11 is 5.83. The average Bonchev–Trinajstić information content (AvgIpc) is 2.73. The van der Waals surface area contributed by atoms with E-state index in [9.17, 15) is 9.59 Å². The van der Waals surface area contributed by atoms with Gasteiger partial charge in [-0.1, -0.05) is 11.6 Å². The third-order valence-electron chi connectivity index (χ3n) is 4.54. The Morgan fingerprint density at radius 2 is 1.60 bits per heavy atom. The lowest BCUT2D eigenvalue weighted by atomic mass is 10.1. The Labute approximate surface area is 179 Å². The van der Waals surface area contributed by atoms with Crippen LogP contribution < -0.4 is 15.4 Å². The third kappa shape index (κ3) is 5.45. The molecule has 0 bridgehead atoms. The van der Waals surface area contributed by atoms with Gasteiger partial charge in [-0.05, 0) is 63.2 Å². The van der Waals surface area contributed by atoms with Crippen molar-refractivity contribution in [3.63, 3.8) is 0 Å². The lowest BCUT2D eigenvalue weighted by molar-refractivity contribution is -0.127. The van der Waals surface area contributed by atoms with E-state index in [-0.39, 0.29) is 24.9 Å². The van der Waals surface area contributed by atoms with Crippen molar-refractivity contribution in [1.82, 2.24) is 20.6 Å². The molecule has 1 aromatic heterocycles. The van der Waals surface area contributed by atoms with Crippen LogP contribution in [-0.2, 0) is 4.79 Å². The lowest BCUT2D eigenvalue weighted by Gasteiger charge is -2.15. The molecule has 156 valence electrons. The van der Waals surface area contributed by atoms with E-state index in [1.807, 2.05) is 13.8 Å². The van der Waals surface area contributed by atoms with Gasteiger partial charge < -0.3 is 15.4 Å². The Morgan fingerprint density at radius 3 is 2.30 bits per heavy atom. The number of nitrogens with one attached hydrogen (secondary N) is 2. The number of hydrogen-bond acceptors (Lipinski definition) is 5. The van der Waals surface area contributed by atoms with E-state index in [2.05, 4.69) is 20.6 Å². The van der Waals surface area contributed by atoms with Crippen LogP contribution in [0.5, 0.6) is 5.75 Å². The van der Waals surface area contributed by atoms with Gasteiger partial charge in [0.1, 0.15) is 5.75 Å². The predicted octanol–water partition coefficient (Wildman–Crippen LogP) is 3.21. The largest absolute Gasteiger partial charge is 0.481 e. The maximum Gasteiger partial charge on any atom is 0.260 e. The van der Waals surface area contributed by atoms with Crippen LogP contribution in [0.25, 0.3) is 11.0 Å². The Bertz CT molecular complexity index is 1070. The van der Waals surface area contributed by atoms with Gasteiger partial charge in [-0.2, -0.15) is 0 Å². The molecule has 3 rings (SSSR count). The first-order valence-corrected chi connectivity index (χ1v) is 9.94. The normalized spacial score (nSPS) is 11.7. The van der Waals surface area contributed by atoms with Crippen molar-refractivity contribution in [2.24, 2.45) is 0 Å². The van der Waals surface area contributed by atoms with Crippen LogP contribution in [0, 0.1) is 13.8 Å². The van der Waals surface area contributed by atoms with E-state index in [0.717, 1.165) is 16.9 Å². The quantitative estimate of drug-likeness (QED) is 0.566. The molecule has 0 aliphatic rings. The lowest BCUT2D eigenvalue weighted by Crippen LogP contribution is -2.40. The molecule has 0 saturated carbocycles. The van der Waals surface area contributed by atoms with Crippen molar-refractivity contribution in [3.05, 3.63) is 64.4 Å². The molecule has 2 aromatic carbocycles. The van der Waals surface area contributed by atoms with Gasteiger partial charge in [0.2, 0.25) is 0 Å². The van der Waals surface area contributed by atoms with Crippen LogP contribution in [0.1, 0.15) is 28.7 Å². The highest BCUT2D eigenvalue weighted by atomic mass is 35.5. The second-order valence-electron chi connectivity index (χ2n) is 6.86. The van der Waals surface area contributed by atoms with Crippen LogP contribution in [-0.4, -0.2) is 41.0 Å². The fourth-order valence-electron chi connectivity index (χ4n) is 2.75. The topological polar surface area (TPSA) is 93.2 Å². The molecule has 0 aliphatic heterocycles. The van der Waals surface area contributed by atoms with E-state index >= 15 is 0 Å². The van der Waals surface area contributed by atoms with Crippen LogP contribution in [0.15, 0.2) is 42.5 Å². The number of benzene rings is 2.